The summed E-state index contributed by atoms with van der Waals surface area (Å²) in [6, 6.07) is 7.07. The number of carbonyl (C=O) groups excluding carboxylic acids is 1. The Bertz CT molecular complexity index is 1300. The van der Waals surface area contributed by atoms with Crippen molar-refractivity contribution in [1.29, 1.82) is 0 Å². The summed E-state index contributed by atoms with van der Waals surface area (Å²) in [6.45, 7) is 20.2. The van der Waals surface area contributed by atoms with E-state index in [-0.39, 0.29) is 11.8 Å². The molecule has 0 atom stereocenters. The minimum atomic E-state index is -1.27. The minimum absolute atomic E-state index is 0.144. The van der Waals surface area contributed by atoms with Crippen LogP contribution in [0.15, 0.2) is 36.7 Å². The molecule has 0 aliphatic carbocycles. The van der Waals surface area contributed by atoms with Crippen molar-refractivity contribution in [3.05, 3.63) is 53.6 Å². The summed E-state index contributed by atoms with van der Waals surface area (Å²) < 4.78 is 29.3. The lowest BCUT2D eigenvalue weighted by molar-refractivity contribution is 0.0223. The highest BCUT2D eigenvalue weighted by atomic mass is 32.3. The largest absolute Gasteiger partial charge is 0.453 e. The van der Waals surface area contributed by atoms with E-state index in [9.17, 15) is 4.79 Å². The molecule has 3 heterocycles. The Hall–Kier alpha value is -2.74. The number of nitrogens with zero attached hydrogens (tertiary/aromatic N) is 3. The second-order valence-electron chi connectivity index (χ2n) is 11.9. The fourth-order valence-electron chi connectivity index (χ4n) is 5.88. The number of rotatable bonds is 6. The summed E-state index contributed by atoms with van der Waals surface area (Å²) in [6.07, 6.45) is 4.07. The summed E-state index contributed by atoms with van der Waals surface area (Å²) in [5.74, 6) is 0.299. The average molecular weight is 544 g/mol. The quantitative estimate of drug-likeness (QED) is 0.316. The van der Waals surface area contributed by atoms with E-state index >= 15 is 4.39 Å². The molecule has 0 radical (unpaired) electrons. The number of hydrogen-bond donors (Lipinski definition) is 0. The van der Waals surface area contributed by atoms with Gasteiger partial charge in [0.2, 0.25) is 0 Å². The molecule has 1 aliphatic rings. The van der Waals surface area contributed by atoms with Gasteiger partial charge in [0, 0.05) is 41.2 Å². The van der Waals surface area contributed by atoms with E-state index in [1.165, 1.54) is 6.07 Å². The Morgan fingerprint density at radius 3 is 2.26 bits per heavy atom. The number of amides is 1. The Labute approximate surface area is 228 Å². The Morgan fingerprint density at radius 2 is 1.66 bits per heavy atom. The zero-order valence-electron chi connectivity index (χ0n) is 24.2. The number of benzene rings is 1. The highest BCUT2D eigenvalue weighted by molar-refractivity contribution is 8.33. The average Bonchev–Trinajstić information content (AvgIpc) is 3.23. The van der Waals surface area contributed by atoms with Crippen LogP contribution in [0.4, 0.5) is 9.18 Å². The van der Waals surface area contributed by atoms with Crippen LogP contribution in [-0.2, 0) is 17.7 Å². The van der Waals surface area contributed by atoms with E-state index in [2.05, 4.69) is 51.7 Å². The molecule has 6 nitrogen and oxygen atoms in total. The van der Waals surface area contributed by atoms with Gasteiger partial charge in [-0.3, -0.25) is 3.97 Å². The first kappa shape index (κ1) is 28.3. The molecule has 0 saturated carbocycles. The van der Waals surface area contributed by atoms with Crippen molar-refractivity contribution in [2.75, 3.05) is 6.54 Å². The van der Waals surface area contributed by atoms with Crippen LogP contribution in [0.3, 0.4) is 0 Å². The molecule has 0 unspecified atom stereocenters. The second-order valence-corrected chi connectivity index (χ2v) is 16.5. The van der Waals surface area contributed by atoms with Gasteiger partial charge in [0.05, 0.1) is 5.39 Å². The van der Waals surface area contributed by atoms with Crippen molar-refractivity contribution in [1.82, 2.24) is 13.9 Å². The summed E-state index contributed by atoms with van der Waals surface area (Å²) >= 11 is 0. The first-order valence-electron chi connectivity index (χ1n) is 13.5. The molecule has 0 fully saturated rings. The van der Waals surface area contributed by atoms with E-state index < -0.39 is 21.6 Å². The summed E-state index contributed by atoms with van der Waals surface area (Å²) in [4.78, 5) is 19.0. The van der Waals surface area contributed by atoms with E-state index in [0.29, 0.717) is 41.0 Å². The maximum Gasteiger partial charge on any atom is 0.410 e. The lowest BCUT2D eigenvalue weighted by Crippen LogP contribution is -2.39. The van der Waals surface area contributed by atoms with Gasteiger partial charge in [-0.1, -0.05) is 41.5 Å². The summed E-state index contributed by atoms with van der Waals surface area (Å²) in [7, 11) is -1.27. The number of carbonyl (C=O) groups is 1. The van der Waals surface area contributed by atoms with E-state index in [1.54, 1.807) is 23.2 Å². The number of pyridine rings is 1. The molecule has 0 bridgehead atoms. The lowest BCUT2D eigenvalue weighted by Gasteiger charge is -2.52. The molecule has 0 spiro atoms. The molecular formula is C30H42FN3O3S. The van der Waals surface area contributed by atoms with Crippen LogP contribution in [0, 0.1) is 5.82 Å². The molecule has 0 N–H and O–H groups in total. The smallest absolute Gasteiger partial charge is 0.410 e. The molecule has 4 rings (SSSR count). The van der Waals surface area contributed by atoms with Crippen molar-refractivity contribution in [2.24, 2.45) is 0 Å². The van der Waals surface area contributed by atoms with Crippen LogP contribution in [0.25, 0.3) is 11.0 Å². The normalized spacial score (nSPS) is 14.9. The first-order chi connectivity index (χ1) is 17.8. The zero-order valence-corrected chi connectivity index (χ0v) is 25.0. The van der Waals surface area contributed by atoms with Crippen molar-refractivity contribution in [3.63, 3.8) is 0 Å². The molecule has 8 heteroatoms. The molecular weight excluding hydrogens is 501 g/mol. The van der Waals surface area contributed by atoms with E-state index in [0.717, 1.165) is 22.2 Å². The summed E-state index contributed by atoms with van der Waals surface area (Å²) in [5.41, 5.74) is 2.05. The van der Waals surface area contributed by atoms with Crippen molar-refractivity contribution >= 4 is 27.3 Å². The second kappa shape index (κ2) is 10.4. The fraction of sp³-hybridized carbons (Fsp3) is 0.533. The Balaban J connectivity index is 1.69. The van der Waals surface area contributed by atoms with Gasteiger partial charge in [0.25, 0.3) is 0 Å². The highest BCUT2D eigenvalue weighted by Crippen LogP contribution is 2.62. The third kappa shape index (κ3) is 5.12. The minimum Gasteiger partial charge on any atom is -0.453 e. The first-order valence-corrected chi connectivity index (χ1v) is 15.3. The molecule has 208 valence electrons. The van der Waals surface area contributed by atoms with Crippen LogP contribution in [0.5, 0.6) is 11.5 Å². The van der Waals surface area contributed by atoms with Gasteiger partial charge in [-0.05, 0) is 62.6 Å². The number of halogens is 1. The maximum atomic E-state index is 15.2. The third-order valence-electron chi connectivity index (χ3n) is 7.26. The fourth-order valence-corrected chi connectivity index (χ4v) is 11.2. The predicted octanol–water partition coefficient (Wildman–Crippen LogP) is 8.05. The molecule has 1 aromatic carbocycles. The van der Waals surface area contributed by atoms with Gasteiger partial charge >= 0.3 is 6.09 Å². The number of aromatic nitrogens is 2. The molecule has 1 aliphatic heterocycles. The van der Waals surface area contributed by atoms with E-state index in [1.807, 2.05) is 26.8 Å². The van der Waals surface area contributed by atoms with Gasteiger partial charge in [0.15, 0.2) is 17.2 Å². The van der Waals surface area contributed by atoms with E-state index in [4.69, 9.17) is 14.5 Å². The van der Waals surface area contributed by atoms with Crippen molar-refractivity contribution in [3.8, 4) is 11.5 Å². The standard InChI is InChI=1S/C30H42FN3O3S/c1-19(2)38(20(3)4,21(5)6)34-15-12-24-26(10-13-32-28(24)34)36-27-17-23-18-33(29(35)37-30(7,8)9)14-11-22(23)16-25(27)31/h10,12-13,15-17,19-21H,11,14,18H2,1-9H3. The van der Waals surface area contributed by atoms with Gasteiger partial charge < -0.3 is 14.4 Å². The van der Waals surface area contributed by atoms with Crippen LogP contribution < -0.4 is 4.74 Å². The van der Waals surface area contributed by atoms with Gasteiger partial charge in [-0.25, -0.2) is 14.2 Å². The third-order valence-corrected chi connectivity index (χ3v) is 12.8. The molecule has 1 amide bonds. The van der Waals surface area contributed by atoms with Crippen LogP contribution in [0.1, 0.15) is 73.4 Å². The summed E-state index contributed by atoms with van der Waals surface area (Å²) in [5, 5.41) is 2.22. The van der Waals surface area contributed by atoms with Gasteiger partial charge in [0.1, 0.15) is 11.4 Å². The van der Waals surface area contributed by atoms with Gasteiger partial charge in [-0.2, -0.15) is 10.2 Å². The maximum absolute atomic E-state index is 15.2. The lowest BCUT2D eigenvalue weighted by atomic mass is 9.99. The Morgan fingerprint density at radius 1 is 1.00 bits per heavy atom. The molecule has 3 aromatic rings. The monoisotopic (exact) mass is 543 g/mol. The molecule has 0 saturated heterocycles. The topological polar surface area (TPSA) is 56.6 Å². The SMILES string of the molecule is CC(C)S(C(C)C)(C(C)C)n1ccc2c(Oc3cc4c(cc3F)CCN(C(=O)OC(C)(C)C)C4)ccnc21. The number of fused-ring (bicyclic) bond motifs is 2. The van der Waals surface area contributed by atoms with Crippen LogP contribution in [0.2, 0.25) is 0 Å². The van der Waals surface area contributed by atoms with Crippen LogP contribution in [-0.4, -0.2) is 47.8 Å². The molecule has 2 aromatic heterocycles. The van der Waals surface area contributed by atoms with Crippen molar-refractivity contribution in [2.45, 2.75) is 96.6 Å². The van der Waals surface area contributed by atoms with Gasteiger partial charge in [-0.15, -0.1) is 0 Å². The zero-order chi connectivity index (χ0) is 28.0. The van der Waals surface area contributed by atoms with Crippen LogP contribution >= 0.6 is 10.2 Å². The van der Waals surface area contributed by atoms with Crippen molar-refractivity contribution < 1.29 is 18.7 Å². The number of hydrogen-bond acceptors (Lipinski definition) is 4. The highest BCUT2D eigenvalue weighted by Gasteiger charge is 2.37. The predicted molar refractivity (Wildman–Crippen MR) is 155 cm³/mol. The number of ether oxygens (including phenoxy) is 2. The Kier molecular flexibility index (Phi) is 7.77. The molecule has 38 heavy (non-hydrogen) atoms.